The van der Waals surface area contributed by atoms with Crippen molar-refractivity contribution in [2.75, 3.05) is 13.7 Å². The summed E-state index contributed by atoms with van der Waals surface area (Å²) in [7, 11) is 1.68. The number of hydrogen-bond acceptors (Lipinski definition) is 2. The normalized spacial score (nSPS) is 11.8. The topological polar surface area (TPSA) is 18.5 Å². The number of ether oxygens (including phenoxy) is 2. The Bertz CT molecular complexity index is 1360. The average Bonchev–Trinajstić information content (AvgIpc) is 2.86. The predicted molar refractivity (Wildman–Crippen MR) is 130 cm³/mol. The van der Waals surface area contributed by atoms with Crippen LogP contribution < -0.4 is 4.74 Å². The Labute approximate surface area is 210 Å². The van der Waals surface area contributed by atoms with Gasteiger partial charge >= 0.3 is 6.36 Å². The molecule has 0 radical (unpaired) electrons. The maximum atomic E-state index is 15.2. The second-order valence-electron chi connectivity index (χ2n) is 8.70. The van der Waals surface area contributed by atoms with Crippen LogP contribution in [-0.2, 0) is 24.0 Å². The molecule has 8 heteroatoms. The lowest BCUT2D eigenvalue weighted by Gasteiger charge is -2.12. The highest BCUT2D eigenvalue weighted by Gasteiger charge is 2.34. The number of fused-ring (bicyclic) bond motifs is 1. The van der Waals surface area contributed by atoms with Gasteiger partial charge in [0.05, 0.1) is 0 Å². The molecule has 0 aliphatic rings. The van der Waals surface area contributed by atoms with Gasteiger partial charge in [0.2, 0.25) is 5.75 Å². The van der Waals surface area contributed by atoms with Crippen molar-refractivity contribution < 1.29 is 35.8 Å². The van der Waals surface area contributed by atoms with Crippen molar-refractivity contribution in [2.24, 2.45) is 0 Å². The molecule has 0 spiro atoms. The van der Waals surface area contributed by atoms with E-state index in [1.807, 2.05) is 24.3 Å². The SMILES string of the molecule is COCCCc1ccc(-c2ccc3c(F)c(CCc4cc(F)c(OC(F)(F)F)c(F)c4)ccc3c2)cc1. The third-order valence-corrected chi connectivity index (χ3v) is 6.09. The molecule has 0 N–H and O–H groups in total. The van der Waals surface area contributed by atoms with Gasteiger partial charge in [-0.2, -0.15) is 0 Å². The molecule has 4 aromatic carbocycles. The Kier molecular flexibility index (Phi) is 8.07. The largest absolute Gasteiger partial charge is 0.573 e. The van der Waals surface area contributed by atoms with E-state index in [0.29, 0.717) is 22.9 Å². The first-order valence-corrected chi connectivity index (χ1v) is 11.7. The minimum absolute atomic E-state index is 0.0252. The van der Waals surface area contributed by atoms with Crippen molar-refractivity contribution in [2.45, 2.75) is 32.0 Å². The summed E-state index contributed by atoms with van der Waals surface area (Å²) >= 11 is 0. The number of methoxy groups -OCH3 is 1. The van der Waals surface area contributed by atoms with Gasteiger partial charge < -0.3 is 9.47 Å². The molecule has 0 aliphatic carbocycles. The predicted octanol–water partition coefficient (Wildman–Crippen LogP) is 8.19. The Hall–Kier alpha value is -3.52. The highest BCUT2D eigenvalue weighted by molar-refractivity contribution is 5.88. The Balaban J connectivity index is 1.49. The van der Waals surface area contributed by atoms with Crippen molar-refractivity contribution >= 4 is 10.8 Å². The van der Waals surface area contributed by atoms with Crippen LogP contribution >= 0.6 is 0 Å². The number of benzene rings is 4. The molecule has 0 aliphatic heterocycles. The first kappa shape index (κ1) is 26.5. The zero-order valence-electron chi connectivity index (χ0n) is 20.0. The van der Waals surface area contributed by atoms with E-state index in [0.717, 1.165) is 36.1 Å². The van der Waals surface area contributed by atoms with Crippen LogP contribution in [0.4, 0.5) is 26.3 Å². The third-order valence-electron chi connectivity index (χ3n) is 6.09. The first-order chi connectivity index (χ1) is 17.6. The zero-order valence-corrected chi connectivity index (χ0v) is 20.0. The summed E-state index contributed by atoms with van der Waals surface area (Å²) in [4.78, 5) is 0. The number of aryl methyl sites for hydroxylation is 3. The van der Waals surface area contributed by atoms with E-state index < -0.39 is 29.6 Å². The fourth-order valence-electron chi connectivity index (χ4n) is 4.24. The summed E-state index contributed by atoms with van der Waals surface area (Å²) in [6.07, 6.45) is -3.23. The van der Waals surface area contributed by atoms with E-state index in [2.05, 4.69) is 16.9 Å². The van der Waals surface area contributed by atoms with Gasteiger partial charge in [0.25, 0.3) is 0 Å². The molecular formula is C29H24F6O2. The van der Waals surface area contributed by atoms with E-state index in [1.54, 1.807) is 25.3 Å². The third kappa shape index (κ3) is 6.63. The molecular weight excluding hydrogens is 494 g/mol. The lowest BCUT2D eigenvalue weighted by Crippen LogP contribution is -2.19. The first-order valence-electron chi connectivity index (χ1n) is 11.7. The molecule has 0 saturated heterocycles. The zero-order chi connectivity index (χ0) is 26.6. The molecule has 0 unspecified atom stereocenters. The highest BCUT2D eigenvalue weighted by atomic mass is 19.4. The number of alkyl halides is 3. The summed E-state index contributed by atoms with van der Waals surface area (Å²) in [5.74, 6) is -4.90. The fraction of sp³-hybridized carbons (Fsp3) is 0.241. The molecule has 0 aromatic heterocycles. The summed E-state index contributed by atoms with van der Waals surface area (Å²) in [5.41, 5.74) is 3.57. The summed E-state index contributed by atoms with van der Waals surface area (Å²) in [6, 6.07) is 18.5. The molecule has 4 aromatic rings. The smallest absolute Gasteiger partial charge is 0.399 e. The van der Waals surface area contributed by atoms with Crippen molar-refractivity contribution in [1.82, 2.24) is 0 Å². The van der Waals surface area contributed by atoms with Crippen molar-refractivity contribution in [3.05, 3.63) is 101 Å². The quantitative estimate of drug-likeness (QED) is 0.164. The van der Waals surface area contributed by atoms with Crippen molar-refractivity contribution in [3.8, 4) is 16.9 Å². The molecule has 0 heterocycles. The van der Waals surface area contributed by atoms with Gasteiger partial charge in [-0.3, -0.25) is 0 Å². The molecule has 0 atom stereocenters. The molecule has 2 nitrogen and oxygen atoms in total. The van der Waals surface area contributed by atoms with Gasteiger partial charge in [-0.15, -0.1) is 13.2 Å². The average molecular weight is 518 g/mol. The molecule has 0 saturated carbocycles. The van der Waals surface area contributed by atoms with Gasteiger partial charge in [0.15, 0.2) is 11.6 Å². The highest BCUT2D eigenvalue weighted by Crippen LogP contribution is 2.31. The van der Waals surface area contributed by atoms with Gasteiger partial charge in [-0.05, 0) is 77.1 Å². The van der Waals surface area contributed by atoms with Crippen LogP contribution in [-0.4, -0.2) is 20.1 Å². The second-order valence-corrected chi connectivity index (χ2v) is 8.70. The van der Waals surface area contributed by atoms with Gasteiger partial charge in [-0.25, -0.2) is 13.2 Å². The molecule has 4 rings (SSSR count). The summed E-state index contributed by atoms with van der Waals surface area (Å²) in [5, 5.41) is 1.11. The van der Waals surface area contributed by atoms with Crippen LogP contribution in [0.5, 0.6) is 5.75 Å². The van der Waals surface area contributed by atoms with E-state index in [-0.39, 0.29) is 18.4 Å². The van der Waals surface area contributed by atoms with Crippen molar-refractivity contribution in [3.63, 3.8) is 0 Å². The van der Waals surface area contributed by atoms with Crippen LogP contribution in [0.25, 0.3) is 21.9 Å². The van der Waals surface area contributed by atoms with E-state index in [1.165, 1.54) is 5.56 Å². The standard InChI is InChI=1S/C29H24F6O2/c1-36-14-2-3-18-4-7-20(8-5-18)22-12-13-24-23(17-22)11-10-21(27(24)32)9-6-19-15-25(30)28(26(31)16-19)37-29(33,34)35/h4-5,7-8,10-13,15-17H,2-3,6,9,14H2,1H3. The lowest BCUT2D eigenvalue weighted by molar-refractivity contribution is -0.276. The molecule has 194 valence electrons. The molecule has 0 fully saturated rings. The van der Waals surface area contributed by atoms with E-state index in [4.69, 9.17) is 4.74 Å². The van der Waals surface area contributed by atoms with Crippen LogP contribution in [0.15, 0.2) is 66.7 Å². The molecule has 37 heavy (non-hydrogen) atoms. The summed E-state index contributed by atoms with van der Waals surface area (Å²) in [6.45, 7) is 0.705. The van der Waals surface area contributed by atoms with E-state index >= 15 is 4.39 Å². The maximum Gasteiger partial charge on any atom is 0.573 e. The van der Waals surface area contributed by atoms with E-state index in [9.17, 15) is 22.0 Å². The van der Waals surface area contributed by atoms with Crippen LogP contribution in [0.1, 0.15) is 23.1 Å². The maximum absolute atomic E-state index is 15.2. The van der Waals surface area contributed by atoms with Crippen LogP contribution in [0.3, 0.4) is 0 Å². The Morgan fingerprint density at radius 3 is 2.03 bits per heavy atom. The molecule has 0 bridgehead atoms. The van der Waals surface area contributed by atoms with Gasteiger partial charge in [0, 0.05) is 19.1 Å². The summed E-state index contributed by atoms with van der Waals surface area (Å²) < 4.78 is 88.7. The number of halogens is 6. The fourth-order valence-corrected chi connectivity index (χ4v) is 4.24. The Morgan fingerprint density at radius 1 is 0.703 bits per heavy atom. The lowest BCUT2D eigenvalue weighted by atomic mass is 9.96. The second kappa shape index (κ2) is 11.3. The van der Waals surface area contributed by atoms with Crippen LogP contribution in [0.2, 0.25) is 0 Å². The minimum atomic E-state index is -5.22. The number of rotatable bonds is 9. The minimum Gasteiger partial charge on any atom is -0.399 e. The Morgan fingerprint density at radius 2 is 1.38 bits per heavy atom. The van der Waals surface area contributed by atoms with Crippen molar-refractivity contribution in [1.29, 1.82) is 0 Å². The molecule has 0 amide bonds. The van der Waals surface area contributed by atoms with Gasteiger partial charge in [-0.1, -0.05) is 48.5 Å². The van der Waals surface area contributed by atoms with Gasteiger partial charge in [0.1, 0.15) is 5.82 Å². The monoisotopic (exact) mass is 518 g/mol. The van der Waals surface area contributed by atoms with Crippen LogP contribution in [0, 0.1) is 17.5 Å². The number of hydrogen-bond donors (Lipinski definition) is 0.